The molecule has 4 heterocycles. The van der Waals surface area contributed by atoms with E-state index < -0.39 is 6.09 Å². The number of hydrogen-bond acceptors (Lipinski definition) is 8. The van der Waals surface area contributed by atoms with Gasteiger partial charge in [0.25, 0.3) is 5.91 Å². The van der Waals surface area contributed by atoms with Crippen molar-refractivity contribution >= 4 is 34.7 Å². The average molecular weight is 594 g/mol. The maximum absolute atomic E-state index is 12.7. The quantitative estimate of drug-likeness (QED) is 0.202. The van der Waals surface area contributed by atoms with Gasteiger partial charge in [-0.15, -0.1) is 0 Å². The SMILES string of the molecule is COc1ccc(Cn2nc(N[C@@H]3CCCN(C(=O)O)C3)c3c(Oc4ccc(C(=O)Nc5ccccn5)cc4)ccnc32)cc1. The lowest BCUT2D eigenvalue weighted by atomic mass is 10.1. The minimum Gasteiger partial charge on any atom is -0.497 e. The molecule has 0 bridgehead atoms. The summed E-state index contributed by atoms with van der Waals surface area (Å²) in [5, 5.41) is 21.3. The van der Waals surface area contributed by atoms with Crippen LogP contribution in [0.25, 0.3) is 11.0 Å². The summed E-state index contributed by atoms with van der Waals surface area (Å²) >= 11 is 0. The zero-order valence-corrected chi connectivity index (χ0v) is 24.0. The number of carboxylic acid groups (broad SMARTS) is 1. The molecule has 224 valence electrons. The van der Waals surface area contributed by atoms with Gasteiger partial charge in [0.15, 0.2) is 11.5 Å². The number of carbonyl (C=O) groups is 2. The summed E-state index contributed by atoms with van der Waals surface area (Å²) < 4.78 is 13.4. The van der Waals surface area contributed by atoms with E-state index in [0.717, 1.165) is 24.2 Å². The number of benzene rings is 2. The third kappa shape index (κ3) is 6.38. The van der Waals surface area contributed by atoms with Crippen molar-refractivity contribution in [3.63, 3.8) is 0 Å². The maximum atomic E-state index is 12.7. The summed E-state index contributed by atoms with van der Waals surface area (Å²) in [5.41, 5.74) is 2.07. The van der Waals surface area contributed by atoms with Gasteiger partial charge in [0.05, 0.1) is 13.7 Å². The van der Waals surface area contributed by atoms with E-state index in [1.165, 1.54) is 4.90 Å². The number of fused-ring (bicyclic) bond motifs is 1. The molecule has 1 fully saturated rings. The first-order chi connectivity index (χ1) is 21.5. The van der Waals surface area contributed by atoms with Crippen LogP contribution in [0.3, 0.4) is 0 Å². The second-order valence-corrected chi connectivity index (χ2v) is 10.4. The Bertz CT molecular complexity index is 1760. The van der Waals surface area contributed by atoms with Crippen LogP contribution in [0.4, 0.5) is 16.4 Å². The molecule has 1 aliphatic heterocycles. The van der Waals surface area contributed by atoms with Crippen molar-refractivity contribution in [2.45, 2.75) is 25.4 Å². The first-order valence-corrected chi connectivity index (χ1v) is 14.2. The fraction of sp³-hybridized carbons (Fsp3) is 0.219. The average Bonchev–Trinajstić information content (AvgIpc) is 3.39. The van der Waals surface area contributed by atoms with E-state index in [0.29, 0.717) is 59.4 Å². The van der Waals surface area contributed by atoms with Crippen LogP contribution in [0.15, 0.2) is 85.2 Å². The third-order valence-corrected chi connectivity index (χ3v) is 7.37. The first kappa shape index (κ1) is 28.5. The molecule has 0 saturated carbocycles. The van der Waals surface area contributed by atoms with E-state index in [-0.39, 0.29) is 11.9 Å². The zero-order valence-electron chi connectivity index (χ0n) is 24.0. The molecular formula is C32H31N7O5. The molecule has 12 heteroatoms. The molecule has 1 atom stereocenters. The number of nitrogens with zero attached hydrogens (tertiary/aromatic N) is 5. The number of methoxy groups -OCH3 is 1. The molecule has 1 saturated heterocycles. The van der Waals surface area contributed by atoms with Crippen molar-refractivity contribution in [2.75, 3.05) is 30.8 Å². The highest BCUT2D eigenvalue weighted by Crippen LogP contribution is 2.35. The highest BCUT2D eigenvalue weighted by molar-refractivity contribution is 6.03. The van der Waals surface area contributed by atoms with Crippen LogP contribution in [0.2, 0.25) is 0 Å². The number of anilines is 2. The number of nitrogens with one attached hydrogen (secondary N) is 2. The normalized spacial score (nSPS) is 14.7. The summed E-state index contributed by atoms with van der Waals surface area (Å²) in [6.45, 7) is 1.30. The molecule has 12 nitrogen and oxygen atoms in total. The van der Waals surface area contributed by atoms with Crippen LogP contribution in [0.1, 0.15) is 28.8 Å². The Labute approximate surface area is 253 Å². The van der Waals surface area contributed by atoms with E-state index >= 15 is 0 Å². The summed E-state index contributed by atoms with van der Waals surface area (Å²) in [5.74, 6) is 2.55. The van der Waals surface area contributed by atoms with Gasteiger partial charge in [0.1, 0.15) is 28.5 Å². The fourth-order valence-corrected chi connectivity index (χ4v) is 5.16. The predicted octanol–water partition coefficient (Wildman–Crippen LogP) is 5.48. The van der Waals surface area contributed by atoms with E-state index in [1.54, 1.807) is 72.7 Å². The number of piperidine rings is 1. The molecule has 2 amide bonds. The van der Waals surface area contributed by atoms with Gasteiger partial charge in [-0.3, -0.25) is 4.79 Å². The Hall–Kier alpha value is -5.65. The van der Waals surface area contributed by atoms with E-state index in [4.69, 9.17) is 14.6 Å². The Morgan fingerprint density at radius 3 is 2.50 bits per heavy atom. The van der Waals surface area contributed by atoms with Gasteiger partial charge in [-0.05, 0) is 66.9 Å². The van der Waals surface area contributed by atoms with Gasteiger partial charge in [-0.2, -0.15) is 5.10 Å². The topological polar surface area (TPSA) is 144 Å². The molecule has 0 aliphatic carbocycles. The van der Waals surface area contributed by atoms with Crippen molar-refractivity contribution in [3.05, 3.63) is 96.3 Å². The standard InChI is InChI=1S/C32H31N7O5/c1-43-24-11-7-21(8-12-24)19-39-30-28(29(37-39)35-23-5-4-18-38(20-23)32(41)42)26(15-17-34-30)44-25-13-9-22(10-14-25)31(40)36-27-6-2-3-16-33-27/h2-3,6-17,23H,4-5,18-20H2,1H3,(H,35,37)(H,41,42)(H,33,36,40)/t23-/m1/s1. The molecule has 5 aromatic rings. The number of aromatic nitrogens is 4. The van der Waals surface area contributed by atoms with Gasteiger partial charge < -0.3 is 30.1 Å². The fourth-order valence-electron chi connectivity index (χ4n) is 5.16. The zero-order chi connectivity index (χ0) is 30.5. The number of amides is 2. The lowest BCUT2D eigenvalue weighted by Crippen LogP contribution is -2.44. The van der Waals surface area contributed by atoms with Crippen LogP contribution in [0, 0.1) is 0 Å². The van der Waals surface area contributed by atoms with Crippen LogP contribution >= 0.6 is 0 Å². The van der Waals surface area contributed by atoms with Gasteiger partial charge in [0, 0.05) is 43.2 Å². The second kappa shape index (κ2) is 12.7. The number of hydrogen-bond donors (Lipinski definition) is 3. The minimum atomic E-state index is -0.936. The van der Waals surface area contributed by atoms with E-state index in [1.807, 2.05) is 24.3 Å². The van der Waals surface area contributed by atoms with Crippen molar-refractivity contribution in [1.82, 2.24) is 24.6 Å². The third-order valence-electron chi connectivity index (χ3n) is 7.37. The monoisotopic (exact) mass is 593 g/mol. The molecule has 1 aliphatic rings. The summed E-state index contributed by atoms with van der Waals surface area (Å²) in [6.07, 6.45) is 3.88. The molecular weight excluding hydrogens is 562 g/mol. The summed E-state index contributed by atoms with van der Waals surface area (Å²) in [4.78, 5) is 34.5. The Morgan fingerprint density at radius 1 is 0.977 bits per heavy atom. The van der Waals surface area contributed by atoms with Crippen molar-refractivity contribution in [3.8, 4) is 17.2 Å². The van der Waals surface area contributed by atoms with Gasteiger partial charge in [-0.1, -0.05) is 18.2 Å². The Morgan fingerprint density at radius 2 is 1.77 bits per heavy atom. The van der Waals surface area contributed by atoms with Crippen LogP contribution < -0.4 is 20.1 Å². The minimum absolute atomic E-state index is 0.127. The number of carbonyl (C=O) groups excluding carboxylic acids is 1. The molecule has 2 aromatic carbocycles. The lowest BCUT2D eigenvalue weighted by Gasteiger charge is -2.31. The Kier molecular flexibility index (Phi) is 8.21. The van der Waals surface area contributed by atoms with E-state index in [9.17, 15) is 14.7 Å². The lowest BCUT2D eigenvalue weighted by molar-refractivity contribution is 0.102. The van der Waals surface area contributed by atoms with Crippen LogP contribution in [0.5, 0.6) is 17.2 Å². The first-order valence-electron chi connectivity index (χ1n) is 14.2. The van der Waals surface area contributed by atoms with E-state index in [2.05, 4.69) is 20.6 Å². The maximum Gasteiger partial charge on any atom is 0.407 e. The molecule has 3 aromatic heterocycles. The van der Waals surface area contributed by atoms with Crippen LogP contribution in [-0.2, 0) is 6.54 Å². The predicted molar refractivity (Wildman–Crippen MR) is 165 cm³/mol. The summed E-state index contributed by atoms with van der Waals surface area (Å²) in [7, 11) is 1.63. The largest absolute Gasteiger partial charge is 0.497 e. The Balaban J connectivity index is 1.29. The van der Waals surface area contributed by atoms with Gasteiger partial charge in [-0.25, -0.2) is 19.4 Å². The molecule has 44 heavy (non-hydrogen) atoms. The van der Waals surface area contributed by atoms with Gasteiger partial charge >= 0.3 is 6.09 Å². The molecule has 0 unspecified atom stereocenters. The molecule has 0 radical (unpaired) electrons. The van der Waals surface area contributed by atoms with Crippen molar-refractivity contribution in [2.24, 2.45) is 0 Å². The molecule has 3 N–H and O–H groups in total. The highest BCUT2D eigenvalue weighted by atomic mass is 16.5. The van der Waals surface area contributed by atoms with Crippen molar-refractivity contribution < 1.29 is 24.2 Å². The highest BCUT2D eigenvalue weighted by Gasteiger charge is 2.26. The number of rotatable bonds is 9. The number of ether oxygens (including phenoxy) is 2. The number of pyridine rings is 2. The molecule has 6 rings (SSSR count). The smallest absolute Gasteiger partial charge is 0.407 e. The second-order valence-electron chi connectivity index (χ2n) is 10.4. The number of likely N-dealkylation sites (tertiary alicyclic amines) is 1. The van der Waals surface area contributed by atoms with Gasteiger partial charge in [0.2, 0.25) is 0 Å². The molecule has 0 spiro atoms. The van der Waals surface area contributed by atoms with Crippen LogP contribution in [-0.4, -0.2) is 68.0 Å². The summed E-state index contributed by atoms with van der Waals surface area (Å²) in [6, 6.07) is 21.5. The van der Waals surface area contributed by atoms with Crippen molar-refractivity contribution in [1.29, 1.82) is 0 Å².